The molecule has 2 heteroatoms. The molecule has 0 atom stereocenters. The second-order valence-corrected chi connectivity index (χ2v) is 13.2. The van der Waals surface area contributed by atoms with Crippen molar-refractivity contribution in [2.24, 2.45) is 0 Å². The Morgan fingerprint density at radius 2 is 1.24 bits per heavy atom. The second kappa shape index (κ2) is 12.7. The zero-order chi connectivity index (χ0) is 33.4. The Kier molecular flexibility index (Phi) is 7.63. The molecule has 0 unspecified atom stereocenters. The maximum absolute atomic E-state index is 5.35. The van der Waals surface area contributed by atoms with Gasteiger partial charge in [-0.2, -0.15) is 0 Å². The average Bonchev–Trinajstić information content (AvgIpc) is 3.18. The van der Waals surface area contributed by atoms with Crippen LogP contribution in [0.25, 0.3) is 78.4 Å². The summed E-state index contributed by atoms with van der Waals surface area (Å²) in [6.07, 6.45) is 11.8. The van der Waals surface area contributed by atoms with E-state index >= 15 is 0 Å². The highest BCUT2D eigenvalue weighted by Gasteiger charge is 2.19. The SMILES string of the molecule is C/C=C\c1ccccc1Cc1ccc(-c2nc(-c3cc4ccccc4c4c3C=CCC4)cc(-c3cc4ccccc4c4ccccc34)n2)cc1. The van der Waals surface area contributed by atoms with Crippen molar-refractivity contribution in [2.45, 2.75) is 26.2 Å². The average molecular weight is 641 g/mol. The number of aryl methyl sites for hydroxylation is 1. The van der Waals surface area contributed by atoms with E-state index in [1.54, 1.807) is 0 Å². The molecule has 238 valence electrons. The number of benzene rings is 7. The predicted octanol–water partition coefficient (Wildman–Crippen LogP) is 12.5. The summed E-state index contributed by atoms with van der Waals surface area (Å²) in [5, 5.41) is 7.46. The Morgan fingerprint density at radius 1 is 0.600 bits per heavy atom. The van der Waals surface area contributed by atoms with Crippen LogP contribution < -0.4 is 0 Å². The van der Waals surface area contributed by atoms with E-state index in [-0.39, 0.29) is 0 Å². The lowest BCUT2D eigenvalue weighted by molar-refractivity contribution is 0.997. The summed E-state index contributed by atoms with van der Waals surface area (Å²) in [6, 6.07) is 50.4. The molecule has 1 aliphatic carbocycles. The van der Waals surface area contributed by atoms with Gasteiger partial charge in [0.1, 0.15) is 0 Å². The normalized spacial score (nSPS) is 12.7. The fraction of sp³-hybridized carbons (Fsp3) is 0.0833. The number of nitrogens with zero attached hydrogens (tertiary/aromatic N) is 2. The molecule has 0 amide bonds. The zero-order valence-corrected chi connectivity index (χ0v) is 28.1. The van der Waals surface area contributed by atoms with Gasteiger partial charge in [-0.15, -0.1) is 0 Å². The molecule has 50 heavy (non-hydrogen) atoms. The van der Waals surface area contributed by atoms with Gasteiger partial charge in [0.05, 0.1) is 11.4 Å². The van der Waals surface area contributed by atoms with E-state index in [9.17, 15) is 0 Å². The zero-order valence-electron chi connectivity index (χ0n) is 28.1. The van der Waals surface area contributed by atoms with Crippen molar-refractivity contribution >= 4 is 44.5 Å². The molecule has 0 aliphatic heterocycles. The minimum Gasteiger partial charge on any atom is -0.228 e. The first-order valence-electron chi connectivity index (χ1n) is 17.5. The molecule has 0 N–H and O–H groups in total. The fourth-order valence-corrected chi connectivity index (χ4v) is 7.69. The molecular formula is C48H36N2. The standard InChI is InChI=1S/C48H36N2/c1-2-13-33-14-3-4-15-35(33)28-32-24-26-34(27-25-32)48-49-46(44-29-36-16-5-7-18-38(36)40-20-9-11-22-42(40)44)31-47(50-48)45-30-37-17-6-8-19-39(37)41-21-10-12-23-43(41)45/h2-9,11-20,22-27,29-31H,10,21,28H2,1H3/b13-2-. The van der Waals surface area contributed by atoms with Crippen molar-refractivity contribution in [3.05, 3.63) is 179 Å². The number of hydrogen-bond donors (Lipinski definition) is 0. The summed E-state index contributed by atoms with van der Waals surface area (Å²) in [6.45, 7) is 2.07. The van der Waals surface area contributed by atoms with Crippen LogP contribution >= 0.6 is 0 Å². The van der Waals surface area contributed by atoms with Gasteiger partial charge in [-0.3, -0.25) is 0 Å². The molecule has 1 aromatic heterocycles. The summed E-state index contributed by atoms with van der Waals surface area (Å²) >= 11 is 0. The summed E-state index contributed by atoms with van der Waals surface area (Å²) in [7, 11) is 0. The van der Waals surface area contributed by atoms with E-state index in [0.29, 0.717) is 0 Å². The first-order chi connectivity index (χ1) is 24.7. The lowest BCUT2D eigenvalue weighted by Gasteiger charge is -2.19. The van der Waals surface area contributed by atoms with Crippen molar-refractivity contribution in [1.82, 2.24) is 9.97 Å². The van der Waals surface area contributed by atoms with Crippen LogP contribution in [0.5, 0.6) is 0 Å². The van der Waals surface area contributed by atoms with Crippen LogP contribution in [-0.4, -0.2) is 9.97 Å². The molecule has 9 rings (SSSR count). The Morgan fingerprint density at radius 3 is 2.04 bits per heavy atom. The van der Waals surface area contributed by atoms with Gasteiger partial charge < -0.3 is 0 Å². The molecule has 1 heterocycles. The van der Waals surface area contributed by atoms with Crippen molar-refractivity contribution in [2.75, 3.05) is 0 Å². The van der Waals surface area contributed by atoms with Gasteiger partial charge in [0.15, 0.2) is 5.82 Å². The van der Waals surface area contributed by atoms with Gasteiger partial charge in [0, 0.05) is 16.7 Å². The van der Waals surface area contributed by atoms with Crippen molar-refractivity contribution in [3.8, 4) is 33.9 Å². The summed E-state index contributed by atoms with van der Waals surface area (Å²) in [5.74, 6) is 0.734. The molecule has 0 bridgehead atoms. The molecule has 0 spiro atoms. The molecule has 2 nitrogen and oxygen atoms in total. The minimum atomic E-state index is 0.734. The smallest absolute Gasteiger partial charge is 0.160 e. The third-order valence-corrected chi connectivity index (χ3v) is 10.1. The van der Waals surface area contributed by atoms with Crippen LogP contribution in [0, 0.1) is 0 Å². The number of fused-ring (bicyclic) bond motifs is 6. The third kappa shape index (κ3) is 5.40. The molecule has 1 aliphatic rings. The van der Waals surface area contributed by atoms with Gasteiger partial charge in [-0.1, -0.05) is 146 Å². The Balaban J connectivity index is 1.24. The van der Waals surface area contributed by atoms with Crippen LogP contribution in [0.3, 0.4) is 0 Å². The Bertz CT molecular complexity index is 2620. The molecular weight excluding hydrogens is 605 g/mol. The van der Waals surface area contributed by atoms with Gasteiger partial charge in [0.2, 0.25) is 0 Å². The highest BCUT2D eigenvalue weighted by atomic mass is 14.9. The summed E-state index contributed by atoms with van der Waals surface area (Å²) in [4.78, 5) is 10.7. The van der Waals surface area contributed by atoms with Crippen LogP contribution in [-0.2, 0) is 12.8 Å². The molecule has 8 aromatic rings. The lowest BCUT2D eigenvalue weighted by atomic mass is 9.86. The largest absolute Gasteiger partial charge is 0.228 e. The van der Waals surface area contributed by atoms with Crippen molar-refractivity contribution < 1.29 is 0 Å². The van der Waals surface area contributed by atoms with E-state index < -0.39 is 0 Å². The van der Waals surface area contributed by atoms with E-state index in [4.69, 9.17) is 9.97 Å². The van der Waals surface area contributed by atoms with Gasteiger partial charge in [0.25, 0.3) is 0 Å². The molecule has 0 radical (unpaired) electrons. The third-order valence-electron chi connectivity index (χ3n) is 10.1. The maximum Gasteiger partial charge on any atom is 0.160 e. The Labute approximate surface area is 293 Å². The second-order valence-electron chi connectivity index (χ2n) is 13.2. The van der Waals surface area contributed by atoms with Crippen LogP contribution in [0.15, 0.2) is 152 Å². The number of hydrogen-bond acceptors (Lipinski definition) is 2. The van der Waals surface area contributed by atoms with Gasteiger partial charge in [-0.25, -0.2) is 9.97 Å². The van der Waals surface area contributed by atoms with E-state index in [0.717, 1.165) is 53.2 Å². The van der Waals surface area contributed by atoms with E-state index in [1.165, 1.54) is 60.1 Å². The predicted molar refractivity (Wildman–Crippen MR) is 212 cm³/mol. The lowest BCUT2D eigenvalue weighted by Crippen LogP contribution is -2.02. The highest BCUT2D eigenvalue weighted by Crippen LogP contribution is 2.40. The topological polar surface area (TPSA) is 25.8 Å². The monoisotopic (exact) mass is 640 g/mol. The van der Waals surface area contributed by atoms with Gasteiger partial charge in [-0.05, 0) is 105 Å². The van der Waals surface area contributed by atoms with Crippen LogP contribution in [0.2, 0.25) is 0 Å². The number of aromatic nitrogens is 2. The Hall–Kier alpha value is -6.12. The molecule has 7 aromatic carbocycles. The molecule has 0 saturated carbocycles. The molecule has 0 fully saturated rings. The van der Waals surface area contributed by atoms with Crippen molar-refractivity contribution in [3.63, 3.8) is 0 Å². The first-order valence-corrected chi connectivity index (χ1v) is 17.5. The van der Waals surface area contributed by atoms with Crippen molar-refractivity contribution in [1.29, 1.82) is 0 Å². The van der Waals surface area contributed by atoms with Gasteiger partial charge >= 0.3 is 0 Å². The maximum atomic E-state index is 5.35. The fourth-order valence-electron chi connectivity index (χ4n) is 7.69. The van der Waals surface area contributed by atoms with E-state index in [2.05, 4.69) is 171 Å². The minimum absolute atomic E-state index is 0.734. The summed E-state index contributed by atoms with van der Waals surface area (Å²) in [5.41, 5.74) is 11.7. The molecule has 0 saturated heterocycles. The summed E-state index contributed by atoms with van der Waals surface area (Å²) < 4.78 is 0. The highest BCUT2D eigenvalue weighted by molar-refractivity contribution is 6.13. The van der Waals surface area contributed by atoms with E-state index in [1.807, 2.05) is 0 Å². The quantitative estimate of drug-likeness (QED) is 0.169. The van der Waals surface area contributed by atoms with Crippen LogP contribution in [0.4, 0.5) is 0 Å². The number of rotatable bonds is 6. The first kappa shape index (κ1) is 30.0. The number of allylic oxidation sites excluding steroid dienone is 2. The van der Waals surface area contributed by atoms with Crippen LogP contribution in [0.1, 0.15) is 41.2 Å².